The third-order valence-corrected chi connectivity index (χ3v) is 4.38. The van der Waals surface area contributed by atoms with Crippen LogP contribution in [0.4, 0.5) is 5.69 Å². The van der Waals surface area contributed by atoms with Gasteiger partial charge in [-0.15, -0.1) is 0 Å². The number of nitrogens with one attached hydrogen (secondary N) is 1. The SMILES string of the molecule is O=C(COc1ccc(Br)cc1)Nc1cccc2c1CCCC2. The minimum absolute atomic E-state index is 0.0191. The molecule has 1 N–H and O–H groups in total. The fraction of sp³-hybridized carbons (Fsp3) is 0.278. The molecule has 3 nitrogen and oxygen atoms in total. The smallest absolute Gasteiger partial charge is 0.262 e. The van der Waals surface area contributed by atoms with Crippen molar-refractivity contribution in [2.24, 2.45) is 0 Å². The first-order chi connectivity index (χ1) is 10.7. The number of ether oxygens (including phenoxy) is 1. The molecular weight excluding hydrogens is 342 g/mol. The molecule has 0 fully saturated rings. The molecule has 0 aliphatic heterocycles. The number of aryl methyl sites for hydroxylation is 1. The number of anilines is 1. The molecule has 22 heavy (non-hydrogen) atoms. The number of hydrogen-bond acceptors (Lipinski definition) is 2. The van der Waals surface area contributed by atoms with Crippen LogP contribution in [-0.4, -0.2) is 12.5 Å². The molecule has 114 valence electrons. The highest BCUT2D eigenvalue weighted by Gasteiger charge is 2.14. The molecule has 1 aliphatic rings. The summed E-state index contributed by atoms with van der Waals surface area (Å²) >= 11 is 3.37. The van der Waals surface area contributed by atoms with E-state index in [1.54, 1.807) is 0 Å². The molecule has 0 spiro atoms. The van der Waals surface area contributed by atoms with Crippen molar-refractivity contribution in [3.63, 3.8) is 0 Å². The molecule has 1 aliphatic carbocycles. The second-order valence-electron chi connectivity index (χ2n) is 5.44. The quantitative estimate of drug-likeness (QED) is 0.881. The first-order valence-electron chi connectivity index (χ1n) is 7.51. The van der Waals surface area contributed by atoms with Gasteiger partial charge in [-0.2, -0.15) is 0 Å². The van der Waals surface area contributed by atoms with E-state index >= 15 is 0 Å². The highest BCUT2D eigenvalue weighted by Crippen LogP contribution is 2.27. The molecule has 3 rings (SSSR count). The van der Waals surface area contributed by atoms with Gasteiger partial charge in [0.05, 0.1) is 0 Å². The highest BCUT2D eigenvalue weighted by molar-refractivity contribution is 9.10. The Bertz CT molecular complexity index is 667. The number of amides is 1. The van der Waals surface area contributed by atoms with Gasteiger partial charge in [0, 0.05) is 10.2 Å². The normalized spacial score (nSPS) is 13.3. The summed E-state index contributed by atoms with van der Waals surface area (Å²) in [5, 5.41) is 2.98. The van der Waals surface area contributed by atoms with Crippen LogP contribution in [-0.2, 0) is 17.6 Å². The minimum atomic E-state index is -0.123. The Morgan fingerprint density at radius 2 is 1.86 bits per heavy atom. The summed E-state index contributed by atoms with van der Waals surface area (Å²) < 4.78 is 6.49. The lowest BCUT2D eigenvalue weighted by atomic mass is 9.90. The Morgan fingerprint density at radius 1 is 1.09 bits per heavy atom. The number of halogens is 1. The zero-order chi connectivity index (χ0) is 15.4. The summed E-state index contributed by atoms with van der Waals surface area (Å²) in [4.78, 5) is 12.1. The van der Waals surface area contributed by atoms with Crippen LogP contribution in [0.3, 0.4) is 0 Å². The number of hydrogen-bond donors (Lipinski definition) is 1. The van der Waals surface area contributed by atoms with Gasteiger partial charge in [-0.1, -0.05) is 28.1 Å². The van der Waals surface area contributed by atoms with E-state index < -0.39 is 0 Å². The first-order valence-corrected chi connectivity index (χ1v) is 8.30. The van der Waals surface area contributed by atoms with Crippen molar-refractivity contribution in [3.8, 4) is 5.75 Å². The molecule has 4 heteroatoms. The lowest BCUT2D eigenvalue weighted by molar-refractivity contribution is -0.118. The van der Waals surface area contributed by atoms with E-state index in [0.717, 1.165) is 23.0 Å². The van der Waals surface area contributed by atoms with Crippen LogP contribution in [0.5, 0.6) is 5.75 Å². The Morgan fingerprint density at radius 3 is 2.68 bits per heavy atom. The van der Waals surface area contributed by atoms with E-state index in [0.29, 0.717) is 5.75 Å². The number of rotatable bonds is 4. The van der Waals surface area contributed by atoms with Gasteiger partial charge in [0.15, 0.2) is 6.61 Å². The van der Waals surface area contributed by atoms with Gasteiger partial charge >= 0.3 is 0 Å². The largest absolute Gasteiger partial charge is 0.484 e. The zero-order valence-electron chi connectivity index (χ0n) is 12.3. The van der Waals surface area contributed by atoms with Gasteiger partial charge in [-0.25, -0.2) is 0 Å². The molecule has 2 aromatic rings. The van der Waals surface area contributed by atoms with Crippen molar-refractivity contribution in [1.29, 1.82) is 0 Å². The third-order valence-electron chi connectivity index (χ3n) is 3.85. The molecule has 0 atom stereocenters. The fourth-order valence-electron chi connectivity index (χ4n) is 2.76. The van der Waals surface area contributed by atoms with E-state index in [-0.39, 0.29) is 12.5 Å². The van der Waals surface area contributed by atoms with Crippen LogP contribution in [0.25, 0.3) is 0 Å². The molecule has 0 saturated heterocycles. The molecule has 0 saturated carbocycles. The minimum Gasteiger partial charge on any atom is -0.484 e. The predicted octanol–water partition coefficient (Wildman–Crippen LogP) is 4.35. The molecule has 1 amide bonds. The van der Waals surface area contributed by atoms with Crippen LogP contribution in [0.15, 0.2) is 46.9 Å². The zero-order valence-corrected chi connectivity index (χ0v) is 13.9. The molecule has 2 aromatic carbocycles. The van der Waals surface area contributed by atoms with Crippen molar-refractivity contribution in [2.75, 3.05) is 11.9 Å². The summed E-state index contributed by atoms with van der Waals surface area (Å²) in [6.07, 6.45) is 4.57. The second-order valence-corrected chi connectivity index (χ2v) is 6.36. The molecule has 0 aromatic heterocycles. The summed E-state index contributed by atoms with van der Waals surface area (Å²) in [5.41, 5.74) is 3.57. The van der Waals surface area contributed by atoms with Crippen LogP contribution in [0, 0.1) is 0 Å². The number of benzene rings is 2. The van der Waals surface area contributed by atoms with Crippen LogP contribution in [0.2, 0.25) is 0 Å². The topological polar surface area (TPSA) is 38.3 Å². The van der Waals surface area contributed by atoms with Crippen molar-refractivity contribution < 1.29 is 9.53 Å². The van der Waals surface area contributed by atoms with Crippen molar-refractivity contribution in [1.82, 2.24) is 0 Å². The van der Waals surface area contributed by atoms with Crippen molar-refractivity contribution >= 4 is 27.5 Å². The second kappa shape index (κ2) is 6.97. The third kappa shape index (κ3) is 3.69. The summed E-state index contributed by atoms with van der Waals surface area (Å²) in [7, 11) is 0. The Balaban J connectivity index is 1.61. The monoisotopic (exact) mass is 359 g/mol. The average molecular weight is 360 g/mol. The Hall–Kier alpha value is -1.81. The highest BCUT2D eigenvalue weighted by atomic mass is 79.9. The number of carbonyl (C=O) groups is 1. The Kier molecular flexibility index (Phi) is 4.78. The van der Waals surface area contributed by atoms with Crippen LogP contribution >= 0.6 is 15.9 Å². The van der Waals surface area contributed by atoms with E-state index in [1.165, 1.54) is 24.0 Å². The Labute approximate surface area is 138 Å². The van der Waals surface area contributed by atoms with E-state index in [4.69, 9.17) is 4.74 Å². The van der Waals surface area contributed by atoms with Crippen molar-refractivity contribution in [3.05, 3.63) is 58.1 Å². The summed E-state index contributed by atoms with van der Waals surface area (Å²) in [5.74, 6) is 0.565. The summed E-state index contributed by atoms with van der Waals surface area (Å²) in [6, 6.07) is 13.6. The predicted molar refractivity (Wildman–Crippen MR) is 91.4 cm³/mol. The van der Waals surface area contributed by atoms with Crippen LogP contribution < -0.4 is 10.1 Å². The molecule has 0 bridgehead atoms. The molecule has 0 heterocycles. The van der Waals surface area contributed by atoms with Gasteiger partial charge in [0.1, 0.15) is 5.75 Å². The van der Waals surface area contributed by atoms with E-state index in [1.807, 2.05) is 36.4 Å². The van der Waals surface area contributed by atoms with Crippen molar-refractivity contribution in [2.45, 2.75) is 25.7 Å². The molecule has 0 unspecified atom stereocenters. The maximum Gasteiger partial charge on any atom is 0.262 e. The lowest BCUT2D eigenvalue weighted by Gasteiger charge is -2.19. The lowest BCUT2D eigenvalue weighted by Crippen LogP contribution is -2.21. The standard InChI is InChI=1S/C18H18BrNO2/c19-14-8-10-15(11-9-14)22-12-18(21)20-17-7-3-5-13-4-1-2-6-16(13)17/h3,5,7-11H,1-2,4,6,12H2,(H,20,21). The van der Waals surface area contributed by atoms with Gasteiger partial charge in [-0.05, 0) is 67.1 Å². The molecule has 0 radical (unpaired) electrons. The maximum absolute atomic E-state index is 12.1. The summed E-state index contributed by atoms with van der Waals surface area (Å²) in [6.45, 7) is 0.0191. The van der Waals surface area contributed by atoms with Gasteiger partial charge in [0.2, 0.25) is 0 Å². The maximum atomic E-state index is 12.1. The molecular formula is C18H18BrNO2. The van der Waals surface area contributed by atoms with E-state index in [9.17, 15) is 4.79 Å². The first kappa shape index (κ1) is 15.1. The van der Waals surface area contributed by atoms with Gasteiger partial charge < -0.3 is 10.1 Å². The number of carbonyl (C=O) groups excluding carboxylic acids is 1. The van der Waals surface area contributed by atoms with Gasteiger partial charge in [0.25, 0.3) is 5.91 Å². The van der Waals surface area contributed by atoms with Crippen LogP contribution in [0.1, 0.15) is 24.0 Å². The fourth-order valence-corrected chi connectivity index (χ4v) is 3.03. The van der Waals surface area contributed by atoms with Gasteiger partial charge in [-0.3, -0.25) is 4.79 Å². The van der Waals surface area contributed by atoms with E-state index in [2.05, 4.69) is 27.3 Å². The number of fused-ring (bicyclic) bond motifs is 1. The average Bonchev–Trinajstić information content (AvgIpc) is 2.55.